The van der Waals surface area contributed by atoms with E-state index < -0.39 is 0 Å². The smallest absolute Gasteiger partial charge is 0.308 e. The van der Waals surface area contributed by atoms with Crippen molar-refractivity contribution in [3.05, 3.63) is 0 Å². The molecule has 4 unspecified atom stereocenters. The summed E-state index contributed by atoms with van der Waals surface area (Å²) in [6.07, 6.45) is 10.9. The van der Waals surface area contributed by atoms with Crippen molar-refractivity contribution >= 4 is 23.5 Å². The molecule has 4 atom stereocenters. The molecule has 0 bridgehead atoms. The molecular weight excluding hydrogens is 552 g/mol. The van der Waals surface area contributed by atoms with Gasteiger partial charge in [-0.1, -0.05) is 53.4 Å². The number of carbonyl (C=O) groups excluding carboxylic acids is 4. The Balaban J connectivity index is 3.56. The Morgan fingerprint density at radius 1 is 0.395 bits per heavy atom. The van der Waals surface area contributed by atoms with Crippen molar-refractivity contribution in [3.63, 3.8) is 0 Å². The van der Waals surface area contributed by atoms with Crippen molar-refractivity contribution in [2.45, 2.75) is 119 Å². The predicted octanol–water partition coefficient (Wildman–Crippen LogP) is 6.53. The molecule has 0 aromatic heterocycles. The second kappa shape index (κ2) is 27.7. The molecule has 43 heavy (non-hydrogen) atoms. The molecule has 0 aromatic rings. The van der Waals surface area contributed by atoms with Gasteiger partial charge in [-0.3, -0.25) is 19.2 Å². The second-order valence-electron chi connectivity index (χ2n) is 12.0. The Bertz CT molecular complexity index is 679. The largest absolute Gasteiger partial charge is 0.463 e. The van der Waals surface area contributed by atoms with Gasteiger partial charge in [0.2, 0.25) is 0 Å². The third-order valence-electron chi connectivity index (χ3n) is 7.84. The molecule has 0 rings (SSSR count). The first-order valence-electron chi connectivity index (χ1n) is 16.6. The summed E-state index contributed by atoms with van der Waals surface area (Å²) in [5.74, 6) is -0.0378. The van der Waals surface area contributed by atoms with Crippen molar-refractivity contribution in [3.8, 4) is 0 Å². The number of Topliss-reactive ketones (excluding diaryl/α,β-unsaturated/α-hetero) is 2. The molecule has 0 radical (unpaired) electrons. The normalized spacial score (nSPS) is 14.1. The van der Waals surface area contributed by atoms with Crippen LogP contribution in [0.4, 0.5) is 0 Å². The lowest BCUT2D eigenvalue weighted by Crippen LogP contribution is -2.20. The fourth-order valence-corrected chi connectivity index (χ4v) is 4.25. The van der Waals surface area contributed by atoms with Gasteiger partial charge in [0.25, 0.3) is 0 Å². The molecular formula is C34H62O9. The summed E-state index contributed by atoms with van der Waals surface area (Å²) in [6, 6.07) is 0. The van der Waals surface area contributed by atoms with E-state index in [9.17, 15) is 19.2 Å². The van der Waals surface area contributed by atoms with Crippen LogP contribution in [0.3, 0.4) is 0 Å². The van der Waals surface area contributed by atoms with E-state index in [1.165, 1.54) is 0 Å². The highest BCUT2D eigenvalue weighted by molar-refractivity contribution is 5.78. The van der Waals surface area contributed by atoms with Crippen LogP contribution in [0.1, 0.15) is 119 Å². The SMILES string of the molecule is CC(=O)C(C)CCCCOCCCCC(C)C(=O)OCCOCCOC(=O)C(C)CCCCOCCCCC(C)C(C)=O. The average Bonchev–Trinajstić information content (AvgIpc) is 2.97. The molecule has 0 amide bonds. The lowest BCUT2D eigenvalue weighted by Gasteiger charge is -2.13. The molecule has 0 aliphatic rings. The van der Waals surface area contributed by atoms with Crippen LogP contribution in [-0.2, 0) is 42.9 Å². The Morgan fingerprint density at radius 3 is 0.977 bits per heavy atom. The zero-order valence-corrected chi connectivity index (χ0v) is 28.1. The van der Waals surface area contributed by atoms with E-state index in [0.29, 0.717) is 26.4 Å². The molecule has 0 aliphatic carbocycles. The summed E-state index contributed by atoms with van der Waals surface area (Å²) in [6.45, 7) is 14.6. The van der Waals surface area contributed by atoms with Crippen molar-refractivity contribution in [2.75, 3.05) is 52.9 Å². The van der Waals surface area contributed by atoms with Gasteiger partial charge in [0.15, 0.2) is 0 Å². The van der Waals surface area contributed by atoms with Crippen molar-refractivity contribution in [1.29, 1.82) is 0 Å². The molecule has 0 saturated carbocycles. The maximum atomic E-state index is 12.1. The number of hydrogen-bond donors (Lipinski definition) is 0. The highest BCUT2D eigenvalue weighted by atomic mass is 16.6. The van der Waals surface area contributed by atoms with Gasteiger partial charge in [-0.15, -0.1) is 0 Å². The van der Waals surface area contributed by atoms with E-state index >= 15 is 0 Å². The summed E-state index contributed by atoms with van der Waals surface area (Å²) < 4.78 is 27.3. The number of ether oxygens (including phenoxy) is 5. The van der Waals surface area contributed by atoms with Gasteiger partial charge in [-0.25, -0.2) is 0 Å². The summed E-state index contributed by atoms with van der Waals surface area (Å²) in [5, 5.41) is 0. The van der Waals surface area contributed by atoms with Gasteiger partial charge in [-0.2, -0.15) is 0 Å². The number of ketones is 2. The molecule has 252 valence electrons. The second-order valence-corrected chi connectivity index (χ2v) is 12.0. The molecule has 9 nitrogen and oxygen atoms in total. The molecule has 0 aliphatic heterocycles. The van der Waals surface area contributed by atoms with Gasteiger partial charge in [0.1, 0.15) is 24.8 Å². The van der Waals surface area contributed by atoms with Crippen LogP contribution in [0.5, 0.6) is 0 Å². The van der Waals surface area contributed by atoms with E-state index in [0.717, 1.165) is 77.0 Å². The summed E-state index contributed by atoms with van der Waals surface area (Å²) in [7, 11) is 0. The van der Waals surface area contributed by atoms with Crippen LogP contribution < -0.4 is 0 Å². The third-order valence-corrected chi connectivity index (χ3v) is 7.84. The summed E-state index contributed by atoms with van der Waals surface area (Å²) >= 11 is 0. The van der Waals surface area contributed by atoms with E-state index in [2.05, 4.69) is 0 Å². The maximum absolute atomic E-state index is 12.1. The van der Waals surface area contributed by atoms with Crippen LogP contribution in [0.15, 0.2) is 0 Å². The molecule has 0 aromatic carbocycles. The number of rotatable bonds is 30. The molecule has 9 heteroatoms. The lowest BCUT2D eigenvalue weighted by atomic mass is 10.0. The minimum Gasteiger partial charge on any atom is -0.463 e. The highest BCUT2D eigenvalue weighted by Crippen LogP contribution is 2.13. The predicted molar refractivity (Wildman–Crippen MR) is 168 cm³/mol. The van der Waals surface area contributed by atoms with Crippen molar-refractivity contribution < 1.29 is 42.9 Å². The minimum absolute atomic E-state index is 0.135. The van der Waals surface area contributed by atoms with E-state index in [-0.39, 0.29) is 73.6 Å². The lowest BCUT2D eigenvalue weighted by molar-refractivity contribution is -0.151. The van der Waals surface area contributed by atoms with Gasteiger partial charge < -0.3 is 23.7 Å². The standard InChI is InChI=1S/C34H62O9/c1-27(31(5)35)15-7-11-19-39-21-13-9-17-29(3)33(37)42-25-23-41-24-26-43-34(38)30(4)18-10-14-22-40-20-12-8-16-28(2)32(6)36/h27-30H,7-26H2,1-6H3. The summed E-state index contributed by atoms with van der Waals surface area (Å²) in [4.78, 5) is 46.7. The third kappa shape index (κ3) is 25.2. The zero-order valence-electron chi connectivity index (χ0n) is 28.1. The van der Waals surface area contributed by atoms with Gasteiger partial charge >= 0.3 is 11.9 Å². The monoisotopic (exact) mass is 614 g/mol. The number of carbonyl (C=O) groups is 4. The van der Waals surface area contributed by atoms with E-state index in [1.807, 2.05) is 27.7 Å². The Hall–Kier alpha value is -1.84. The molecule has 0 saturated heterocycles. The van der Waals surface area contributed by atoms with E-state index in [1.54, 1.807) is 13.8 Å². The first-order chi connectivity index (χ1) is 20.6. The Morgan fingerprint density at radius 2 is 0.674 bits per heavy atom. The van der Waals surface area contributed by atoms with E-state index in [4.69, 9.17) is 23.7 Å². The first-order valence-corrected chi connectivity index (χ1v) is 16.6. The first kappa shape index (κ1) is 41.2. The number of esters is 2. The van der Waals surface area contributed by atoms with Crippen LogP contribution in [-0.4, -0.2) is 76.4 Å². The zero-order chi connectivity index (χ0) is 32.3. The van der Waals surface area contributed by atoms with Gasteiger partial charge in [-0.05, 0) is 65.2 Å². The Kier molecular flexibility index (Phi) is 26.5. The van der Waals surface area contributed by atoms with Crippen LogP contribution in [0.25, 0.3) is 0 Å². The quantitative estimate of drug-likeness (QED) is 0.0658. The van der Waals surface area contributed by atoms with Gasteiger partial charge in [0.05, 0.1) is 25.0 Å². The topological polar surface area (TPSA) is 114 Å². The highest BCUT2D eigenvalue weighted by Gasteiger charge is 2.15. The Labute approximate surface area is 261 Å². The fourth-order valence-electron chi connectivity index (χ4n) is 4.25. The van der Waals surface area contributed by atoms with Crippen LogP contribution in [0, 0.1) is 23.7 Å². The van der Waals surface area contributed by atoms with Crippen LogP contribution >= 0.6 is 0 Å². The maximum Gasteiger partial charge on any atom is 0.308 e. The minimum atomic E-state index is -0.228. The molecule has 0 spiro atoms. The summed E-state index contributed by atoms with van der Waals surface area (Å²) in [5.41, 5.74) is 0. The molecule has 0 heterocycles. The molecule has 0 fully saturated rings. The van der Waals surface area contributed by atoms with Crippen molar-refractivity contribution in [2.24, 2.45) is 23.7 Å². The number of hydrogen-bond acceptors (Lipinski definition) is 9. The van der Waals surface area contributed by atoms with Gasteiger partial charge in [0, 0.05) is 38.3 Å². The fraction of sp³-hybridized carbons (Fsp3) is 0.882. The van der Waals surface area contributed by atoms with Crippen molar-refractivity contribution in [1.82, 2.24) is 0 Å². The molecule has 0 N–H and O–H groups in total. The van der Waals surface area contributed by atoms with Crippen LogP contribution in [0.2, 0.25) is 0 Å². The average molecular weight is 615 g/mol. The number of unbranched alkanes of at least 4 members (excludes halogenated alkanes) is 4.